The summed E-state index contributed by atoms with van der Waals surface area (Å²) < 4.78 is 18.3. The highest BCUT2D eigenvalue weighted by Crippen LogP contribution is 2.47. The van der Waals surface area contributed by atoms with Crippen molar-refractivity contribution in [2.75, 3.05) is 34.4 Å². The first kappa shape index (κ1) is 18.8. The van der Waals surface area contributed by atoms with Crippen LogP contribution in [0.25, 0.3) is 4.96 Å². The predicted molar refractivity (Wildman–Crippen MR) is 106 cm³/mol. The first-order chi connectivity index (χ1) is 13.6. The lowest BCUT2D eigenvalue weighted by Gasteiger charge is -2.29. The maximum absolute atomic E-state index is 11.0. The Morgan fingerprint density at radius 1 is 1.11 bits per heavy atom. The van der Waals surface area contributed by atoms with Crippen molar-refractivity contribution in [1.29, 1.82) is 0 Å². The van der Waals surface area contributed by atoms with Crippen LogP contribution >= 0.6 is 11.3 Å². The van der Waals surface area contributed by atoms with Gasteiger partial charge in [0.2, 0.25) is 10.8 Å². The monoisotopic (exact) mass is 404 g/mol. The zero-order chi connectivity index (χ0) is 19.8. The third-order valence-corrected chi connectivity index (χ3v) is 6.14. The van der Waals surface area contributed by atoms with Crippen LogP contribution in [-0.2, 0) is 0 Å². The summed E-state index contributed by atoms with van der Waals surface area (Å²) in [5.74, 6) is 2.64. The molecule has 1 aliphatic heterocycles. The van der Waals surface area contributed by atoms with E-state index in [-0.39, 0.29) is 11.9 Å². The van der Waals surface area contributed by atoms with E-state index in [9.17, 15) is 5.11 Å². The number of benzene rings is 1. The smallest absolute Gasteiger partial charge is 0.230 e. The number of aryl methyl sites for hydroxylation is 1. The van der Waals surface area contributed by atoms with E-state index in [1.807, 2.05) is 13.0 Å². The molecule has 2 aromatic heterocycles. The van der Waals surface area contributed by atoms with Crippen molar-refractivity contribution >= 4 is 16.3 Å². The second-order valence-corrected chi connectivity index (χ2v) is 7.75. The number of likely N-dealkylation sites (tertiary alicyclic amines) is 1. The van der Waals surface area contributed by atoms with Gasteiger partial charge in [-0.05, 0) is 38.9 Å². The summed E-state index contributed by atoms with van der Waals surface area (Å²) in [4.78, 5) is 8.21. The minimum Gasteiger partial charge on any atom is -0.497 e. The fourth-order valence-corrected chi connectivity index (χ4v) is 4.97. The summed E-state index contributed by atoms with van der Waals surface area (Å²) >= 11 is 1.44. The Kier molecular flexibility index (Phi) is 5.03. The normalized spacial score (nSPS) is 15.9. The number of fused-ring (bicyclic) bond motifs is 1. The van der Waals surface area contributed by atoms with E-state index in [1.54, 1.807) is 27.4 Å². The lowest BCUT2D eigenvalue weighted by atomic mass is 10.0. The molecule has 0 radical (unpaired) electrons. The molecular formula is C19H24N4O4S. The highest BCUT2D eigenvalue weighted by molar-refractivity contribution is 7.17. The van der Waals surface area contributed by atoms with E-state index in [0.29, 0.717) is 28.0 Å². The zero-order valence-corrected chi connectivity index (χ0v) is 17.2. The van der Waals surface area contributed by atoms with Gasteiger partial charge >= 0.3 is 0 Å². The standard InChI is InChI=1S/C19H24N4O4S/c1-11-20-19-23(21-11)18(24)17(28-19)15(22-7-5-6-8-22)13-9-12(25-2)10-14(26-3)16(13)27-4/h9-10,15,24H,5-8H2,1-4H3/t15-/m0/s1. The first-order valence-electron chi connectivity index (χ1n) is 9.16. The molecule has 28 heavy (non-hydrogen) atoms. The topological polar surface area (TPSA) is 81.3 Å². The summed E-state index contributed by atoms with van der Waals surface area (Å²) in [6, 6.07) is 3.54. The van der Waals surface area contributed by atoms with Gasteiger partial charge in [0.15, 0.2) is 11.5 Å². The van der Waals surface area contributed by atoms with E-state index in [4.69, 9.17) is 14.2 Å². The number of hydrogen-bond donors (Lipinski definition) is 1. The van der Waals surface area contributed by atoms with Crippen molar-refractivity contribution in [2.45, 2.75) is 25.8 Å². The number of thiazole rings is 1. The van der Waals surface area contributed by atoms with Gasteiger partial charge in [0.25, 0.3) is 0 Å². The van der Waals surface area contributed by atoms with Gasteiger partial charge in [0.1, 0.15) is 11.6 Å². The highest BCUT2D eigenvalue weighted by atomic mass is 32.1. The van der Waals surface area contributed by atoms with Crippen molar-refractivity contribution in [1.82, 2.24) is 19.5 Å². The fourth-order valence-electron chi connectivity index (χ4n) is 3.82. The van der Waals surface area contributed by atoms with Crippen LogP contribution in [0.15, 0.2) is 12.1 Å². The van der Waals surface area contributed by atoms with Crippen LogP contribution in [0.5, 0.6) is 23.1 Å². The first-order valence-corrected chi connectivity index (χ1v) is 9.98. The van der Waals surface area contributed by atoms with Crippen LogP contribution in [0.2, 0.25) is 0 Å². The largest absolute Gasteiger partial charge is 0.497 e. The van der Waals surface area contributed by atoms with E-state index >= 15 is 0 Å². The molecule has 0 bridgehead atoms. The molecule has 4 rings (SSSR count). The van der Waals surface area contributed by atoms with Crippen LogP contribution < -0.4 is 14.2 Å². The molecule has 0 amide bonds. The van der Waals surface area contributed by atoms with Gasteiger partial charge in [-0.25, -0.2) is 4.98 Å². The Morgan fingerprint density at radius 2 is 1.86 bits per heavy atom. The third kappa shape index (κ3) is 3.04. The molecule has 0 spiro atoms. The van der Waals surface area contributed by atoms with Gasteiger partial charge in [-0.3, -0.25) is 4.90 Å². The molecule has 3 aromatic rings. The molecule has 1 atom stereocenters. The Labute approximate surface area is 167 Å². The zero-order valence-electron chi connectivity index (χ0n) is 16.4. The summed E-state index contributed by atoms with van der Waals surface area (Å²) in [7, 11) is 4.86. The molecule has 1 saturated heterocycles. The Hall–Kier alpha value is -2.52. The van der Waals surface area contributed by atoms with Crippen molar-refractivity contribution < 1.29 is 19.3 Å². The van der Waals surface area contributed by atoms with Gasteiger partial charge < -0.3 is 19.3 Å². The van der Waals surface area contributed by atoms with Crippen LogP contribution in [0.1, 0.15) is 35.1 Å². The summed E-state index contributed by atoms with van der Waals surface area (Å²) in [6.45, 7) is 3.67. The number of nitrogens with zero attached hydrogens (tertiary/aromatic N) is 4. The van der Waals surface area contributed by atoms with Crippen molar-refractivity contribution in [2.24, 2.45) is 0 Å². The summed E-state index contributed by atoms with van der Waals surface area (Å²) in [5.41, 5.74) is 0.886. The molecule has 1 aromatic carbocycles. The van der Waals surface area contributed by atoms with Gasteiger partial charge in [-0.2, -0.15) is 4.52 Å². The fraction of sp³-hybridized carbons (Fsp3) is 0.474. The van der Waals surface area contributed by atoms with Gasteiger partial charge in [0.05, 0.1) is 32.2 Å². The molecule has 1 N–H and O–H groups in total. The van der Waals surface area contributed by atoms with Crippen molar-refractivity contribution in [3.05, 3.63) is 28.4 Å². The Bertz CT molecular complexity index is 994. The molecule has 3 heterocycles. The van der Waals surface area contributed by atoms with Crippen molar-refractivity contribution in [3.8, 4) is 23.1 Å². The lowest BCUT2D eigenvalue weighted by Crippen LogP contribution is -2.26. The minimum atomic E-state index is -0.213. The molecule has 150 valence electrons. The van der Waals surface area contributed by atoms with E-state index < -0.39 is 0 Å². The number of aromatic hydroxyl groups is 1. The molecule has 8 nitrogen and oxygen atoms in total. The third-order valence-electron chi connectivity index (χ3n) is 5.07. The number of aromatic nitrogens is 3. The number of rotatable bonds is 6. The second kappa shape index (κ2) is 7.48. The minimum absolute atomic E-state index is 0.112. The molecule has 0 saturated carbocycles. The Morgan fingerprint density at radius 3 is 2.46 bits per heavy atom. The van der Waals surface area contributed by atoms with Crippen LogP contribution in [0, 0.1) is 6.92 Å². The molecule has 1 aliphatic rings. The molecule has 0 aliphatic carbocycles. The van der Waals surface area contributed by atoms with Crippen LogP contribution in [-0.4, -0.2) is 59.0 Å². The maximum atomic E-state index is 11.0. The van der Waals surface area contributed by atoms with E-state index in [0.717, 1.165) is 36.4 Å². The highest BCUT2D eigenvalue weighted by Gasteiger charge is 2.34. The van der Waals surface area contributed by atoms with Gasteiger partial charge in [-0.1, -0.05) is 11.3 Å². The molecular weight excluding hydrogens is 380 g/mol. The predicted octanol–water partition coefficient (Wildman–Crippen LogP) is 3.02. The summed E-state index contributed by atoms with van der Waals surface area (Å²) in [5, 5.41) is 15.3. The average Bonchev–Trinajstić information content (AvgIpc) is 3.41. The number of methoxy groups -OCH3 is 3. The number of ether oxygens (including phenoxy) is 3. The van der Waals surface area contributed by atoms with Crippen molar-refractivity contribution in [3.63, 3.8) is 0 Å². The van der Waals surface area contributed by atoms with Gasteiger partial charge in [0, 0.05) is 11.6 Å². The quantitative estimate of drug-likeness (QED) is 0.676. The summed E-state index contributed by atoms with van der Waals surface area (Å²) in [6.07, 6.45) is 2.22. The average molecular weight is 404 g/mol. The van der Waals surface area contributed by atoms with E-state index in [1.165, 1.54) is 15.9 Å². The molecule has 9 heteroatoms. The van der Waals surface area contributed by atoms with Crippen LogP contribution in [0.4, 0.5) is 0 Å². The van der Waals surface area contributed by atoms with Gasteiger partial charge in [-0.15, -0.1) is 5.10 Å². The number of hydrogen-bond acceptors (Lipinski definition) is 8. The molecule has 0 unspecified atom stereocenters. The van der Waals surface area contributed by atoms with Crippen LogP contribution in [0.3, 0.4) is 0 Å². The molecule has 1 fully saturated rings. The maximum Gasteiger partial charge on any atom is 0.230 e. The SMILES string of the molecule is COc1cc(OC)c(OC)c([C@@H](c2sc3nc(C)nn3c2O)N2CCCC2)c1. The van der Waals surface area contributed by atoms with E-state index in [2.05, 4.69) is 15.0 Å². The second-order valence-electron chi connectivity index (χ2n) is 6.74. The lowest BCUT2D eigenvalue weighted by molar-refractivity contribution is 0.265. The Balaban J connectivity index is 1.94.